The van der Waals surface area contributed by atoms with E-state index in [1.807, 2.05) is 13.8 Å². The average Bonchev–Trinajstić information content (AvgIpc) is 2.26. The third-order valence-electron chi connectivity index (χ3n) is 3.73. The molecule has 0 aromatic carbocycles. The van der Waals surface area contributed by atoms with E-state index in [-0.39, 0.29) is 5.41 Å². The van der Waals surface area contributed by atoms with E-state index >= 15 is 0 Å². The quantitative estimate of drug-likeness (QED) is 0.855. The van der Waals surface area contributed by atoms with Gasteiger partial charge < -0.3 is 15.8 Å². The Morgan fingerprint density at radius 1 is 1.50 bits per heavy atom. The number of nitrogen functional groups attached to an aromatic ring is 1. The number of hydrogen-bond donors (Lipinski definition) is 2. The minimum Gasteiger partial charge on any atom is -0.384 e. The van der Waals surface area contributed by atoms with E-state index in [0.29, 0.717) is 23.8 Å². The highest BCUT2D eigenvalue weighted by atomic mass is 16.5. The van der Waals surface area contributed by atoms with Gasteiger partial charge in [-0.05, 0) is 20.3 Å². The smallest absolute Gasteiger partial charge is 0.132 e. The zero-order chi connectivity index (χ0) is 13.3. The first-order valence-corrected chi connectivity index (χ1v) is 6.42. The summed E-state index contributed by atoms with van der Waals surface area (Å²) in [5.74, 6) is 1.99. The zero-order valence-corrected chi connectivity index (χ0v) is 11.5. The van der Waals surface area contributed by atoms with Crippen molar-refractivity contribution in [3.05, 3.63) is 11.9 Å². The number of ether oxygens (including phenoxy) is 1. The van der Waals surface area contributed by atoms with Gasteiger partial charge in [0, 0.05) is 24.1 Å². The zero-order valence-electron chi connectivity index (χ0n) is 11.5. The van der Waals surface area contributed by atoms with Crippen LogP contribution in [0.2, 0.25) is 0 Å². The summed E-state index contributed by atoms with van der Waals surface area (Å²) in [4.78, 5) is 8.42. The molecule has 1 fully saturated rings. The molecule has 1 heterocycles. The molecule has 2 unspecified atom stereocenters. The van der Waals surface area contributed by atoms with E-state index in [1.165, 1.54) is 0 Å². The number of aryl methyl sites for hydroxylation is 1. The van der Waals surface area contributed by atoms with Gasteiger partial charge in [-0.25, -0.2) is 9.97 Å². The van der Waals surface area contributed by atoms with Crippen molar-refractivity contribution in [2.75, 3.05) is 17.7 Å². The Kier molecular flexibility index (Phi) is 3.43. The molecule has 5 nitrogen and oxygen atoms in total. The molecule has 0 aliphatic heterocycles. The summed E-state index contributed by atoms with van der Waals surface area (Å²) in [5.41, 5.74) is 5.84. The number of hydrogen-bond acceptors (Lipinski definition) is 5. The average molecular weight is 250 g/mol. The van der Waals surface area contributed by atoms with Crippen molar-refractivity contribution < 1.29 is 4.74 Å². The monoisotopic (exact) mass is 250 g/mol. The van der Waals surface area contributed by atoms with Gasteiger partial charge in [-0.2, -0.15) is 0 Å². The van der Waals surface area contributed by atoms with Gasteiger partial charge in [-0.3, -0.25) is 0 Å². The highest BCUT2D eigenvalue weighted by Crippen LogP contribution is 2.44. The predicted octanol–water partition coefficient (Wildman–Crippen LogP) is 1.98. The second-order valence-corrected chi connectivity index (χ2v) is 5.42. The minimum absolute atomic E-state index is 0.115. The summed E-state index contributed by atoms with van der Waals surface area (Å²) in [6.07, 6.45) is 1.32. The lowest BCUT2D eigenvalue weighted by Crippen LogP contribution is -2.58. The minimum atomic E-state index is 0.115. The largest absolute Gasteiger partial charge is 0.384 e. The van der Waals surface area contributed by atoms with Crippen molar-refractivity contribution in [2.24, 2.45) is 5.41 Å². The first-order chi connectivity index (χ1) is 8.43. The summed E-state index contributed by atoms with van der Waals surface area (Å²) >= 11 is 0. The van der Waals surface area contributed by atoms with Crippen molar-refractivity contribution in [3.63, 3.8) is 0 Å². The van der Waals surface area contributed by atoms with Gasteiger partial charge in [0.2, 0.25) is 0 Å². The fourth-order valence-corrected chi connectivity index (χ4v) is 2.46. The highest BCUT2D eigenvalue weighted by Gasteiger charge is 2.49. The molecular weight excluding hydrogens is 228 g/mol. The summed E-state index contributed by atoms with van der Waals surface area (Å²) in [6, 6.07) is 2.14. The van der Waals surface area contributed by atoms with Crippen LogP contribution in [0.4, 0.5) is 11.6 Å². The van der Waals surface area contributed by atoms with Gasteiger partial charge in [0.15, 0.2) is 0 Å². The Morgan fingerprint density at radius 3 is 2.78 bits per heavy atom. The summed E-state index contributed by atoms with van der Waals surface area (Å²) in [7, 11) is 0. The Morgan fingerprint density at radius 2 is 2.22 bits per heavy atom. The van der Waals surface area contributed by atoms with E-state index in [4.69, 9.17) is 10.5 Å². The lowest BCUT2D eigenvalue weighted by Gasteiger charge is -2.51. The van der Waals surface area contributed by atoms with Crippen LogP contribution >= 0.6 is 0 Å². The van der Waals surface area contributed by atoms with Crippen LogP contribution in [0.3, 0.4) is 0 Å². The second kappa shape index (κ2) is 4.72. The van der Waals surface area contributed by atoms with E-state index < -0.39 is 0 Å². The number of anilines is 2. The van der Waals surface area contributed by atoms with Crippen LogP contribution in [-0.4, -0.2) is 28.7 Å². The van der Waals surface area contributed by atoms with Crippen molar-refractivity contribution in [3.8, 4) is 0 Å². The second-order valence-electron chi connectivity index (χ2n) is 5.42. The molecule has 2 rings (SSSR count). The van der Waals surface area contributed by atoms with E-state index in [1.54, 1.807) is 6.07 Å². The molecule has 0 bridgehead atoms. The molecular formula is C13H22N4O. The molecule has 0 spiro atoms. The first kappa shape index (κ1) is 13.1. The van der Waals surface area contributed by atoms with Gasteiger partial charge in [-0.1, -0.05) is 13.8 Å². The summed E-state index contributed by atoms with van der Waals surface area (Å²) in [6.45, 7) is 9.07. The van der Waals surface area contributed by atoms with Crippen LogP contribution in [0, 0.1) is 12.3 Å². The van der Waals surface area contributed by atoms with Gasteiger partial charge in [0.05, 0.1) is 6.10 Å². The van der Waals surface area contributed by atoms with Crippen LogP contribution in [0.1, 0.15) is 33.0 Å². The molecule has 1 aromatic heterocycles. The number of aromatic nitrogens is 2. The lowest BCUT2D eigenvalue weighted by molar-refractivity contribution is -0.0976. The molecule has 5 heteroatoms. The normalized spacial score (nSPS) is 25.6. The SMILES string of the molecule is CCOC1CC(Nc2cc(N)nc(C)n2)C1(C)C. The first-order valence-electron chi connectivity index (χ1n) is 6.42. The molecule has 100 valence electrons. The molecule has 0 amide bonds. The van der Waals surface area contributed by atoms with E-state index in [9.17, 15) is 0 Å². The molecule has 2 atom stereocenters. The topological polar surface area (TPSA) is 73.1 Å². The van der Waals surface area contributed by atoms with Crippen molar-refractivity contribution in [1.82, 2.24) is 9.97 Å². The van der Waals surface area contributed by atoms with Gasteiger partial charge in [-0.15, -0.1) is 0 Å². The number of nitrogens with zero attached hydrogens (tertiary/aromatic N) is 2. The molecule has 0 radical (unpaired) electrons. The Balaban J connectivity index is 2.03. The summed E-state index contributed by atoms with van der Waals surface area (Å²) < 4.78 is 5.71. The fourth-order valence-electron chi connectivity index (χ4n) is 2.46. The van der Waals surface area contributed by atoms with Crippen molar-refractivity contribution >= 4 is 11.6 Å². The van der Waals surface area contributed by atoms with E-state index in [0.717, 1.165) is 18.8 Å². The highest BCUT2D eigenvalue weighted by molar-refractivity contribution is 5.46. The maximum atomic E-state index is 5.72. The fraction of sp³-hybridized carbons (Fsp3) is 0.692. The molecule has 1 aliphatic rings. The van der Waals surface area contributed by atoms with E-state index in [2.05, 4.69) is 29.1 Å². The number of nitrogens with one attached hydrogen (secondary N) is 1. The molecule has 1 saturated carbocycles. The van der Waals surface area contributed by atoms with Gasteiger partial charge in [0.25, 0.3) is 0 Å². The van der Waals surface area contributed by atoms with Crippen LogP contribution in [0.15, 0.2) is 6.07 Å². The van der Waals surface area contributed by atoms with Gasteiger partial charge in [0.1, 0.15) is 17.5 Å². The molecule has 3 N–H and O–H groups in total. The van der Waals surface area contributed by atoms with Gasteiger partial charge >= 0.3 is 0 Å². The number of nitrogens with two attached hydrogens (primary N) is 1. The van der Waals surface area contributed by atoms with Crippen LogP contribution in [-0.2, 0) is 4.74 Å². The molecule has 1 aliphatic carbocycles. The molecule has 1 aromatic rings. The maximum Gasteiger partial charge on any atom is 0.132 e. The lowest BCUT2D eigenvalue weighted by atomic mass is 9.64. The van der Waals surface area contributed by atoms with Crippen LogP contribution in [0.25, 0.3) is 0 Å². The third kappa shape index (κ3) is 2.41. The van der Waals surface area contributed by atoms with Crippen LogP contribution in [0.5, 0.6) is 0 Å². The standard InChI is InChI=1S/C13H22N4O/c1-5-18-10-6-9(13(10,3)4)17-12-7-11(14)15-8(2)16-12/h7,9-10H,5-6H2,1-4H3,(H3,14,15,16,17). The van der Waals surface area contributed by atoms with Crippen molar-refractivity contribution in [2.45, 2.75) is 46.3 Å². The predicted molar refractivity (Wildman–Crippen MR) is 72.4 cm³/mol. The molecule has 18 heavy (non-hydrogen) atoms. The van der Waals surface area contributed by atoms with Crippen molar-refractivity contribution in [1.29, 1.82) is 0 Å². The number of rotatable bonds is 4. The Labute approximate surface area is 108 Å². The van der Waals surface area contributed by atoms with Crippen LogP contribution < -0.4 is 11.1 Å². The molecule has 0 saturated heterocycles. The Hall–Kier alpha value is -1.36. The maximum absolute atomic E-state index is 5.72. The third-order valence-corrected chi connectivity index (χ3v) is 3.73. The summed E-state index contributed by atoms with van der Waals surface area (Å²) in [5, 5.41) is 3.43. The Bertz CT molecular complexity index is 413.